The Bertz CT molecular complexity index is 707. The summed E-state index contributed by atoms with van der Waals surface area (Å²) in [6.07, 6.45) is -2.88. The zero-order valence-corrected chi connectivity index (χ0v) is 13.2. The summed E-state index contributed by atoms with van der Waals surface area (Å²) in [6, 6.07) is 1.76. The van der Waals surface area contributed by atoms with Gasteiger partial charge in [-0.25, -0.2) is 0 Å². The number of alkyl halides is 3. The first kappa shape index (κ1) is 17.3. The van der Waals surface area contributed by atoms with E-state index in [1.165, 1.54) is 6.92 Å². The summed E-state index contributed by atoms with van der Waals surface area (Å²) in [5.74, 6) is -0.310. The molecule has 0 saturated heterocycles. The second-order valence-corrected chi connectivity index (χ2v) is 5.35. The highest BCUT2D eigenvalue weighted by Crippen LogP contribution is 2.35. The fraction of sp³-hybridized carbons (Fsp3) is 0.462. The summed E-state index contributed by atoms with van der Waals surface area (Å²) >= 11 is 5.64. The Morgan fingerprint density at radius 2 is 2.09 bits per heavy atom. The third kappa shape index (κ3) is 4.25. The van der Waals surface area contributed by atoms with Crippen molar-refractivity contribution in [3.05, 3.63) is 34.4 Å². The number of aromatic nitrogens is 4. The minimum absolute atomic E-state index is 0.00961. The van der Waals surface area contributed by atoms with Crippen LogP contribution >= 0.6 is 11.6 Å². The molecule has 2 heterocycles. The zero-order chi connectivity index (χ0) is 17.2. The quantitative estimate of drug-likeness (QED) is 0.901. The highest BCUT2D eigenvalue weighted by Gasteiger charge is 2.38. The van der Waals surface area contributed by atoms with Gasteiger partial charge in [-0.2, -0.15) is 23.4 Å². The molecule has 0 aliphatic heterocycles. The van der Waals surface area contributed by atoms with Crippen molar-refractivity contribution in [2.75, 3.05) is 0 Å². The molecule has 0 fully saturated rings. The second kappa shape index (κ2) is 6.61. The molecule has 23 heavy (non-hydrogen) atoms. The monoisotopic (exact) mass is 349 g/mol. The molecule has 1 amide bonds. The number of carbonyl (C=O) groups is 1. The van der Waals surface area contributed by atoms with E-state index in [1.54, 1.807) is 24.0 Å². The van der Waals surface area contributed by atoms with E-state index in [-0.39, 0.29) is 31.1 Å². The van der Waals surface area contributed by atoms with E-state index in [9.17, 15) is 18.0 Å². The molecule has 0 unspecified atom stereocenters. The maximum atomic E-state index is 12.7. The van der Waals surface area contributed by atoms with Crippen molar-refractivity contribution in [2.24, 2.45) is 7.05 Å². The molecule has 10 heteroatoms. The van der Waals surface area contributed by atoms with Gasteiger partial charge in [-0.05, 0) is 13.0 Å². The van der Waals surface area contributed by atoms with E-state index in [2.05, 4.69) is 15.5 Å². The van der Waals surface area contributed by atoms with Gasteiger partial charge in [0.1, 0.15) is 0 Å². The average Bonchev–Trinajstić information content (AvgIpc) is 2.99. The maximum Gasteiger partial charge on any atom is 0.436 e. The smallest absolute Gasteiger partial charge is 0.350 e. The molecule has 0 radical (unpaired) electrons. The molecule has 0 aliphatic carbocycles. The van der Waals surface area contributed by atoms with Crippen LogP contribution in [0.15, 0.2) is 12.3 Å². The highest BCUT2D eigenvalue weighted by molar-refractivity contribution is 6.31. The van der Waals surface area contributed by atoms with Crippen LogP contribution in [0.2, 0.25) is 5.02 Å². The molecule has 2 aromatic heterocycles. The Morgan fingerprint density at radius 1 is 1.39 bits per heavy atom. The lowest BCUT2D eigenvalue weighted by Gasteiger charge is -2.05. The normalized spacial score (nSPS) is 11.7. The summed E-state index contributed by atoms with van der Waals surface area (Å²) in [5.41, 5.74) is -0.263. The Balaban J connectivity index is 1.91. The number of nitrogens with zero attached hydrogens (tertiary/aromatic N) is 4. The van der Waals surface area contributed by atoms with E-state index in [0.717, 1.165) is 4.68 Å². The topological polar surface area (TPSA) is 64.7 Å². The SMILES string of the molecule is Cc1c(Cl)c(C(F)(F)F)nn1CCC(=O)NCc1ccn(C)n1. The van der Waals surface area contributed by atoms with Crippen LogP contribution in [0.1, 0.15) is 23.5 Å². The van der Waals surface area contributed by atoms with Crippen LogP contribution in [0.25, 0.3) is 0 Å². The molecule has 6 nitrogen and oxygen atoms in total. The lowest BCUT2D eigenvalue weighted by Crippen LogP contribution is -2.24. The minimum Gasteiger partial charge on any atom is -0.350 e. The van der Waals surface area contributed by atoms with E-state index >= 15 is 0 Å². The molecule has 0 spiro atoms. The second-order valence-electron chi connectivity index (χ2n) is 4.98. The molecule has 126 valence electrons. The summed E-state index contributed by atoms with van der Waals surface area (Å²) in [4.78, 5) is 11.8. The van der Waals surface area contributed by atoms with Crippen LogP contribution in [0.5, 0.6) is 0 Å². The number of amides is 1. The first-order chi connectivity index (χ1) is 10.7. The van der Waals surface area contributed by atoms with Crippen molar-refractivity contribution in [3.8, 4) is 0 Å². The van der Waals surface area contributed by atoms with Gasteiger partial charge in [-0.15, -0.1) is 0 Å². The molecule has 1 N–H and O–H groups in total. The molecular weight excluding hydrogens is 335 g/mol. The van der Waals surface area contributed by atoms with Gasteiger partial charge in [-0.3, -0.25) is 14.2 Å². The fourth-order valence-corrected chi connectivity index (χ4v) is 2.21. The van der Waals surface area contributed by atoms with Gasteiger partial charge in [0.05, 0.1) is 29.5 Å². The Hall–Kier alpha value is -2.03. The average molecular weight is 350 g/mol. The number of hydrogen-bond acceptors (Lipinski definition) is 3. The van der Waals surface area contributed by atoms with Crippen LogP contribution in [0.3, 0.4) is 0 Å². The predicted octanol–water partition coefficient (Wildman–Crippen LogP) is 2.30. The molecular formula is C13H15ClF3N5O. The molecule has 0 saturated carbocycles. The number of carbonyl (C=O) groups excluding carboxylic acids is 1. The van der Waals surface area contributed by atoms with Crippen molar-refractivity contribution in [1.29, 1.82) is 0 Å². The molecule has 2 aromatic rings. The fourth-order valence-electron chi connectivity index (χ4n) is 1.97. The van der Waals surface area contributed by atoms with Crippen LogP contribution in [0.4, 0.5) is 13.2 Å². The van der Waals surface area contributed by atoms with Crippen LogP contribution in [-0.2, 0) is 31.1 Å². The van der Waals surface area contributed by atoms with E-state index in [4.69, 9.17) is 11.6 Å². The number of aryl methyl sites for hydroxylation is 2. The summed E-state index contributed by atoms with van der Waals surface area (Å²) in [7, 11) is 1.76. The molecule has 2 rings (SSSR count). The molecule has 0 bridgehead atoms. The van der Waals surface area contributed by atoms with Gasteiger partial charge < -0.3 is 5.32 Å². The number of nitrogens with one attached hydrogen (secondary N) is 1. The third-order valence-corrected chi connectivity index (χ3v) is 3.64. The first-order valence-corrected chi connectivity index (χ1v) is 7.11. The summed E-state index contributed by atoms with van der Waals surface area (Å²) in [5, 5.41) is 9.74. The number of hydrogen-bond donors (Lipinski definition) is 1. The van der Waals surface area contributed by atoms with E-state index in [1.807, 2.05) is 0 Å². The van der Waals surface area contributed by atoms with Crippen molar-refractivity contribution in [3.63, 3.8) is 0 Å². The van der Waals surface area contributed by atoms with Gasteiger partial charge in [0.25, 0.3) is 0 Å². The first-order valence-electron chi connectivity index (χ1n) is 6.74. The third-order valence-electron chi connectivity index (χ3n) is 3.19. The minimum atomic E-state index is -4.62. The molecule has 0 atom stereocenters. The maximum absolute atomic E-state index is 12.7. The summed E-state index contributed by atoms with van der Waals surface area (Å²) < 4.78 is 40.8. The van der Waals surface area contributed by atoms with E-state index < -0.39 is 16.9 Å². The lowest BCUT2D eigenvalue weighted by molar-refractivity contribution is -0.141. The predicted molar refractivity (Wildman–Crippen MR) is 76.6 cm³/mol. The summed E-state index contributed by atoms with van der Waals surface area (Å²) in [6.45, 7) is 1.69. The molecule has 0 aromatic carbocycles. The zero-order valence-electron chi connectivity index (χ0n) is 12.5. The largest absolute Gasteiger partial charge is 0.436 e. The Morgan fingerprint density at radius 3 is 2.61 bits per heavy atom. The van der Waals surface area contributed by atoms with Crippen molar-refractivity contribution < 1.29 is 18.0 Å². The van der Waals surface area contributed by atoms with Gasteiger partial charge in [0.2, 0.25) is 5.91 Å². The van der Waals surface area contributed by atoms with Gasteiger partial charge in [0, 0.05) is 19.7 Å². The van der Waals surface area contributed by atoms with Crippen LogP contribution in [0, 0.1) is 6.92 Å². The Kier molecular flexibility index (Phi) is 4.98. The Labute approximate surface area is 135 Å². The van der Waals surface area contributed by atoms with Crippen LogP contribution in [-0.4, -0.2) is 25.5 Å². The van der Waals surface area contributed by atoms with Gasteiger partial charge in [0.15, 0.2) is 5.69 Å². The highest BCUT2D eigenvalue weighted by atomic mass is 35.5. The van der Waals surface area contributed by atoms with E-state index in [0.29, 0.717) is 5.69 Å². The van der Waals surface area contributed by atoms with Crippen molar-refractivity contribution in [2.45, 2.75) is 32.6 Å². The lowest BCUT2D eigenvalue weighted by atomic mass is 10.3. The van der Waals surface area contributed by atoms with Gasteiger partial charge >= 0.3 is 6.18 Å². The number of halogens is 4. The van der Waals surface area contributed by atoms with Crippen LogP contribution < -0.4 is 5.32 Å². The number of rotatable bonds is 5. The van der Waals surface area contributed by atoms with Gasteiger partial charge in [-0.1, -0.05) is 11.6 Å². The van der Waals surface area contributed by atoms with Crippen molar-refractivity contribution >= 4 is 17.5 Å². The van der Waals surface area contributed by atoms with Crippen molar-refractivity contribution in [1.82, 2.24) is 24.9 Å². The standard InChI is InChI=1S/C13H15ClF3N5O/c1-8-11(14)12(13(15,16)17)20-22(8)6-4-10(23)18-7-9-3-5-21(2)19-9/h3,5H,4,6-7H2,1-2H3,(H,18,23). The molecule has 0 aliphatic rings.